The minimum atomic E-state index is -1.18. The predicted molar refractivity (Wildman–Crippen MR) is 133 cm³/mol. The van der Waals surface area contributed by atoms with Crippen molar-refractivity contribution in [1.82, 2.24) is 0 Å². The van der Waals surface area contributed by atoms with Crippen molar-refractivity contribution < 1.29 is 24.9 Å². The molecule has 6 fully saturated rings. The lowest BCUT2D eigenvalue weighted by atomic mass is 9.30. The number of aliphatic carboxylic acids is 1. The fourth-order valence-electron chi connectivity index (χ4n) is 12.0. The van der Waals surface area contributed by atoms with Crippen LogP contribution in [0.3, 0.4) is 0 Å². The largest absolute Gasteiger partial charge is 0.481 e. The summed E-state index contributed by atoms with van der Waals surface area (Å²) in [7, 11) is 0. The Kier molecular flexibility index (Phi) is 4.83. The van der Waals surface area contributed by atoms with E-state index in [4.69, 9.17) is 4.74 Å². The summed E-state index contributed by atoms with van der Waals surface area (Å²) in [5, 5.41) is 32.9. The first-order valence-corrected chi connectivity index (χ1v) is 14.4. The van der Waals surface area contributed by atoms with Crippen LogP contribution in [-0.2, 0) is 9.53 Å². The Morgan fingerprint density at radius 1 is 0.857 bits per heavy atom. The van der Waals surface area contributed by atoms with Gasteiger partial charge in [-0.3, -0.25) is 4.79 Å². The first kappa shape index (κ1) is 24.7. The summed E-state index contributed by atoms with van der Waals surface area (Å²) in [6.45, 7) is 14.7. The van der Waals surface area contributed by atoms with Crippen LogP contribution in [-0.4, -0.2) is 39.8 Å². The van der Waals surface area contributed by atoms with Crippen molar-refractivity contribution >= 4 is 5.97 Å². The van der Waals surface area contributed by atoms with Gasteiger partial charge in [0, 0.05) is 17.8 Å². The Balaban J connectivity index is 1.41. The van der Waals surface area contributed by atoms with Crippen molar-refractivity contribution in [3.63, 3.8) is 0 Å². The van der Waals surface area contributed by atoms with Crippen molar-refractivity contribution in [2.24, 2.45) is 56.2 Å². The number of aliphatic hydroxyl groups excluding tert-OH is 1. The third kappa shape index (κ3) is 2.69. The van der Waals surface area contributed by atoms with E-state index >= 15 is 0 Å². The van der Waals surface area contributed by atoms with Crippen LogP contribution in [0.15, 0.2) is 0 Å². The molecule has 2 bridgehead atoms. The Morgan fingerprint density at radius 2 is 1.49 bits per heavy atom. The minimum Gasteiger partial charge on any atom is -0.481 e. The lowest BCUT2D eigenvalue weighted by Gasteiger charge is -2.75. The number of ether oxygens (including phenoxy) is 1. The molecule has 5 saturated carbocycles. The molecule has 6 rings (SSSR count). The van der Waals surface area contributed by atoms with Crippen molar-refractivity contribution in [1.29, 1.82) is 0 Å². The maximum Gasteiger partial charge on any atom is 0.309 e. The fourth-order valence-corrected chi connectivity index (χ4v) is 12.0. The second-order valence-electron chi connectivity index (χ2n) is 15.5. The maximum absolute atomic E-state index is 12.3. The van der Waals surface area contributed by atoms with Gasteiger partial charge in [-0.2, -0.15) is 0 Å². The summed E-state index contributed by atoms with van der Waals surface area (Å²) in [6.07, 6.45) is 9.10. The molecule has 3 N–H and O–H groups in total. The predicted octanol–water partition coefficient (Wildman–Crippen LogP) is 5.62. The molecule has 0 aromatic rings. The van der Waals surface area contributed by atoms with Gasteiger partial charge in [-0.15, -0.1) is 0 Å². The number of hydrogen-bond acceptors (Lipinski definition) is 4. The smallest absolute Gasteiger partial charge is 0.309 e. The highest BCUT2D eigenvalue weighted by Gasteiger charge is 2.75. The Hall–Kier alpha value is -0.650. The average Bonchev–Trinajstić information content (AvgIpc) is 2.93. The van der Waals surface area contributed by atoms with E-state index in [-0.39, 0.29) is 38.9 Å². The summed E-state index contributed by atoms with van der Waals surface area (Å²) >= 11 is 0. The second-order valence-corrected chi connectivity index (χ2v) is 15.5. The normalized spacial score (nSPS) is 63.4. The molecule has 0 aromatic heterocycles. The number of carbonyl (C=O) groups is 1. The van der Waals surface area contributed by atoms with E-state index in [1.807, 2.05) is 6.92 Å². The van der Waals surface area contributed by atoms with E-state index in [0.717, 1.165) is 44.9 Å². The third-order valence-electron chi connectivity index (χ3n) is 14.5. The van der Waals surface area contributed by atoms with Crippen LogP contribution in [0.5, 0.6) is 0 Å². The molecule has 0 amide bonds. The average molecular weight is 489 g/mol. The van der Waals surface area contributed by atoms with E-state index < -0.39 is 23.3 Å². The lowest BCUT2D eigenvalue weighted by Crippen LogP contribution is -2.70. The van der Waals surface area contributed by atoms with Crippen molar-refractivity contribution in [3.8, 4) is 0 Å². The zero-order valence-corrected chi connectivity index (χ0v) is 22.8. The highest BCUT2D eigenvalue weighted by atomic mass is 16.6. The molecule has 5 nitrogen and oxygen atoms in total. The maximum atomic E-state index is 12.3. The van der Waals surface area contributed by atoms with E-state index in [2.05, 4.69) is 34.6 Å². The SMILES string of the molecule is C[C@@H]1[C@@]23CC[C@H]4[C@@](C)(CC[C@@]5(C)[C@@H]6C[C@](C)(C(=O)O)CC[C@]6(C)CC[C@]45C)[C@@H]2[C@@H](O)C[C@]1(O)OC3. The summed E-state index contributed by atoms with van der Waals surface area (Å²) in [6, 6.07) is 0. The topological polar surface area (TPSA) is 87.0 Å². The lowest BCUT2D eigenvalue weighted by molar-refractivity contribution is -0.285. The van der Waals surface area contributed by atoms with Crippen LogP contribution in [0.25, 0.3) is 0 Å². The molecule has 6 aliphatic rings. The molecular formula is C30H48O5. The van der Waals surface area contributed by atoms with E-state index in [9.17, 15) is 20.1 Å². The Morgan fingerprint density at radius 3 is 2.17 bits per heavy atom. The van der Waals surface area contributed by atoms with E-state index in [1.54, 1.807) is 0 Å². The monoisotopic (exact) mass is 488 g/mol. The molecule has 1 saturated heterocycles. The molecule has 12 atom stereocenters. The Labute approximate surface area is 211 Å². The van der Waals surface area contributed by atoms with Crippen molar-refractivity contribution in [2.75, 3.05) is 6.61 Å². The van der Waals surface area contributed by atoms with Crippen LogP contribution in [0, 0.1) is 56.2 Å². The molecule has 0 aromatic carbocycles. The van der Waals surface area contributed by atoms with Crippen molar-refractivity contribution in [3.05, 3.63) is 0 Å². The first-order valence-electron chi connectivity index (χ1n) is 14.4. The van der Waals surface area contributed by atoms with Gasteiger partial charge in [0.1, 0.15) is 0 Å². The zero-order chi connectivity index (χ0) is 25.4. The molecule has 0 unspecified atom stereocenters. The van der Waals surface area contributed by atoms with Gasteiger partial charge in [-0.05, 0) is 104 Å². The number of carboxylic acids is 1. The van der Waals surface area contributed by atoms with Gasteiger partial charge >= 0.3 is 5.97 Å². The summed E-state index contributed by atoms with van der Waals surface area (Å²) < 4.78 is 6.05. The van der Waals surface area contributed by atoms with E-state index in [1.165, 1.54) is 12.8 Å². The van der Waals surface area contributed by atoms with Crippen molar-refractivity contribution in [2.45, 2.75) is 118 Å². The second kappa shape index (κ2) is 6.86. The standard InChI is InChI=1S/C30H48O5/c1-18-29-8-7-20-26(4,22(29)19(31)15-30(18,34)35-17-29)12-14-28(6)21-16-25(3,23(32)33)10-9-24(21,2)11-13-27(20,28)5/h18-22,31,34H,7-17H2,1-6H3,(H,32,33)/t18-,19+,20+,21-,22+,24-,25-,26-,27-,28+,29+,30+/m1/s1. The van der Waals surface area contributed by atoms with Crippen LogP contribution in [0.4, 0.5) is 0 Å². The summed E-state index contributed by atoms with van der Waals surface area (Å²) in [4.78, 5) is 12.3. The highest BCUT2D eigenvalue weighted by molar-refractivity contribution is 5.74. The summed E-state index contributed by atoms with van der Waals surface area (Å²) in [5.41, 5.74) is -0.307. The Bertz CT molecular complexity index is 951. The highest BCUT2D eigenvalue weighted by Crippen LogP contribution is 2.79. The van der Waals surface area contributed by atoms with Gasteiger partial charge in [0.05, 0.1) is 18.1 Å². The molecule has 0 radical (unpaired) electrons. The molecular weight excluding hydrogens is 440 g/mol. The third-order valence-corrected chi connectivity index (χ3v) is 14.5. The fraction of sp³-hybridized carbons (Fsp3) is 0.967. The quantitative estimate of drug-likeness (QED) is 0.446. The number of carboxylic acid groups (broad SMARTS) is 1. The molecule has 35 heavy (non-hydrogen) atoms. The van der Waals surface area contributed by atoms with Crippen LogP contribution in [0.1, 0.15) is 106 Å². The van der Waals surface area contributed by atoms with Crippen LogP contribution in [0.2, 0.25) is 0 Å². The molecule has 5 aliphatic carbocycles. The van der Waals surface area contributed by atoms with Crippen LogP contribution >= 0.6 is 0 Å². The van der Waals surface area contributed by atoms with E-state index in [0.29, 0.717) is 24.9 Å². The molecule has 198 valence electrons. The molecule has 1 aliphatic heterocycles. The van der Waals surface area contributed by atoms with Crippen LogP contribution < -0.4 is 0 Å². The zero-order valence-electron chi connectivity index (χ0n) is 22.8. The van der Waals surface area contributed by atoms with Gasteiger partial charge in [0.2, 0.25) is 0 Å². The molecule has 1 heterocycles. The molecule has 5 heteroatoms. The molecule has 1 spiro atoms. The number of aliphatic hydroxyl groups is 2. The van der Waals surface area contributed by atoms with Gasteiger partial charge < -0.3 is 20.1 Å². The number of hydrogen-bond donors (Lipinski definition) is 3. The van der Waals surface area contributed by atoms with Gasteiger partial charge in [-0.25, -0.2) is 0 Å². The van der Waals surface area contributed by atoms with Gasteiger partial charge in [0.15, 0.2) is 5.79 Å². The minimum absolute atomic E-state index is 0.00766. The van der Waals surface area contributed by atoms with Gasteiger partial charge in [-0.1, -0.05) is 34.6 Å². The summed E-state index contributed by atoms with van der Waals surface area (Å²) in [5.74, 6) is -0.686. The number of rotatable bonds is 1. The first-order chi connectivity index (χ1) is 16.1. The number of fused-ring (bicyclic) bond motifs is 7. The van der Waals surface area contributed by atoms with Gasteiger partial charge in [0.25, 0.3) is 0 Å².